The molecule has 0 aliphatic heterocycles. The molecule has 3 aromatic rings. The van der Waals surface area contributed by atoms with Crippen LogP contribution in [0.15, 0.2) is 60.7 Å². The van der Waals surface area contributed by atoms with E-state index in [-0.39, 0.29) is 0 Å². The molecule has 0 spiro atoms. The summed E-state index contributed by atoms with van der Waals surface area (Å²) in [5.41, 5.74) is 5.73. The number of hydrogen-bond acceptors (Lipinski definition) is 4. The van der Waals surface area contributed by atoms with Crippen molar-refractivity contribution in [1.82, 2.24) is 0 Å². The van der Waals surface area contributed by atoms with Crippen LogP contribution in [-0.4, -0.2) is 26.6 Å². The molecule has 0 radical (unpaired) electrons. The molecule has 3 aromatic carbocycles. The first-order valence-corrected chi connectivity index (χ1v) is 9.66. The van der Waals surface area contributed by atoms with Gasteiger partial charge in [-0.1, -0.05) is 60.7 Å². The first-order chi connectivity index (χ1) is 14.7. The lowest BCUT2D eigenvalue weighted by molar-refractivity contribution is 0.111. The van der Waals surface area contributed by atoms with Gasteiger partial charge in [-0.2, -0.15) is 5.26 Å². The van der Waals surface area contributed by atoms with Crippen molar-refractivity contribution in [3.05, 3.63) is 88.5 Å². The maximum Gasteiger partial charge on any atom is 0.153 e. The van der Waals surface area contributed by atoms with Crippen LogP contribution in [0.5, 0.6) is 5.75 Å². The van der Waals surface area contributed by atoms with E-state index in [4.69, 9.17) is 9.47 Å². The van der Waals surface area contributed by atoms with Crippen LogP contribution >= 0.6 is 0 Å². The summed E-state index contributed by atoms with van der Waals surface area (Å²) in [6.07, 6.45) is 4.66. The number of aryl methyl sites for hydroxylation is 1. The lowest BCUT2D eigenvalue weighted by Gasteiger charge is -2.11. The molecule has 0 aliphatic carbocycles. The zero-order valence-electron chi connectivity index (χ0n) is 17.1. The lowest BCUT2D eigenvalue weighted by atomic mass is 9.95. The van der Waals surface area contributed by atoms with E-state index in [0.717, 1.165) is 34.1 Å². The fourth-order valence-corrected chi connectivity index (χ4v) is 3.23. The van der Waals surface area contributed by atoms with Gasteiger partial charge in [-0.25, -0.2) is 0 Å². The minimum absolute atomic E-state index is 0.362. The summed E-state index contributed by atoms with van der Waals surface area (Å²) in [4.78, 5) is 11.4. The SMILES string of the molecule is COCCOc1cc(/C=C/c2cccc(-c3ccccc3)c2C#N)c(C)cc1C=O. The molecule has 150 valence electrons. The number of aldehydes is 1. The fraction of sp³-hybridized carbons (Fsp3) is 0.154. The Morgan fingerprint density at radius 1 is 0.933 bits per heavy atom. The monoisotopic (exact) mass is 397 g/mol. The van der Waals surface area contributed by atoms with Gasteiger partial charge < -0.3 is 9.47 Å². The van der Waals surface area contributed by atoms with Crippen LogP contribution in [0.1, 0.15) is 32.6 Å². The highest BCUT2D eigenvalue weighted by molar-refractivity contribution is 5.84. The molecule has 0 atom stereocenters. The summed E-state index contributed by atoms with van der Waals surface area (Å²) >= 11 is 0. The largest absolute Gasteiger partial charge is 0.490 e. The van der Waals surface area contributed by atoms with Gasteiger partial charge in [-0.05, 0) is 41.3 Å². The van der Waals surface area contributed by atoms with E-state index < -0.39 is 0 Å². The third kappa shape index (κ3) is 4.83. The topological polar surface area (TPSA) is 59.3 Å². The minimum atomic E-state index is 0.362. The minimum Gasteiger partial charge on any atom is -0.490 e. The number of ether oxygens (including phenoxy) is 2. The van der Waals surface area contributed by atoms with Crippen molar-refractivity contribution >= 4 is 18.4 Å². The molecule has 0 unspecified atom stereocenters. The van der Waals surface area contributed by atoms with Crippen LogP contribution in [0.3, 0.4) is 0 Å². The highest BCUT2D eigenvalue weighted by atomic mass is 16.5. The maximum atomic E-state index is 11.4. The summed E-state index contributed by atoms with van der Waals surface area (Å²) in [6.45, 7) is 2.74. The summed E-state index contributed by atoms with van der Waals surface area (Å²) in [7, 11) is 1.60. The number of hydrogen-bond donors (Lipinski definition) is 0. The summed E-state index contributed by atoms with van der Waals surface area (Å²) < 4.78 is 10.7. The molecule has 0 aliphatic rings. The van der Waals surface area contributed by atoms with Crippen LogP contribution in [-0.2, 0) is 4.74 Å². The van der Waals surface area contributed by atoms with Crippen molar-refractivity contribution < 1.29 is 14.3 Å². The quantitative estimate of drug-likeness (QED) is 0.284. The molecular weight excluding hydrogens is 374 g/mol. The average molecular weight is 397 g/mol. The highest BCUT2D eigenvalue weighted by Gasteiger charge is 2.10. The van der Waals surface area contributed by atoms with Crippen molar-refractivity contribution in [1.29, 1.82) is 5.26 Å². The number of rotatable bonds is 8. The summed E-state index contributed by atoms with van der Waals surface area (Å²) in [5.74, 6) is 0.519. The van der Waals surface area contributed by atoms with Gasteiger partial charge in [-0.15, -0.1) is 0 Å². The first-order valence-electron chi connectivity index (χ1n) is 9.66. The second-order valence-electron chi connectivity index (χ2n) is 6.79. The smallest absolute Gasteiger partial charge is 0.153 e. The number of nitriles is 1. The van der Waals surface area contributed by atoms with Gasteiger partial charge >= 0.3 is 0 Å². The van der Waals surface area contributed by atoms with Crippen LogP contribution in [0, 0.1) is 18.3 Å². The Labute approximate surface area is 177 Å². The Kier molecular flexibility index (Phi) is 7.15. The second kappa shape index (κ2) is 10.2. The number of nitrogens with zero attached hydrogens (tertiary/aromatic N) is 1. The van der Waals surface area contributed by atoms with Gasteiger partial charge in [0.1, 0.15) is 18.4 Å². The average Bonchev–Trinajstić information content (AvgIpc) is 2.79. The third-order valence-corrected chi connectivity index (χ3v) is 4.81. The van der Waals surface area contributed by atoms with E-state index in [1.54, 1.807) is 13.2 Å². The molecule has 0 fully saturated rings. The lowest BCUT2D eigenvalue weighted by Crippen LogP contribution is -2.06. The third-order valence-electron chi connectivity index (χ3n) is 4.81. The van der Waals surface area contributed by atoms with Crippen molar-refractivity contribution in [2.75, 3.05) is 20.3 Å². The summed E-state index contributed by atoms with van der Waals surface area (Å²) in [6, 6.07) is 21.7. The molecule has 0 saturated heterocycles. The van der Waals surface area contributed by atoms with E-state index in [9.17, 15) is 10.1 Å². The van der Waals surface area contributed by atoms with Gasteiger partial charge in [0.25, 0.3) is 0 Å². The normalized spacial score (nSPS) is 10.7. The molecular formula is C26H23NO3. The van der Waals surface area contributed by atoms with Gasteiger partial charge in [-0.3, -0.25) is 4.79 Å². The Bertz CT molecular complexity index is 1100. The predicted octanol–water partition coefficient (Wildman–Crippen LogP) is 5.54. The van der Waals surface area contributed by atoms with E-state index in [2.05, 4.69) is 6.07 Å². The van der Waals surface area contributed by atoms with Gasteiger partial charge in [0.2, 0.25) is 0 Å². The van der Waals surface area contributed by atoms with E-state index in [1.807, 2.05) is 73.7 Å². The molecule has 4 heteroatoms. The van der Waals surface area contributed by atoms with Crippen LogP contribution in [0.25, 0.3) is 23.3 Å². The molecule has 30 heavy (non-hydrogen) atoms. The zero-order chi connectivity index (χ0) is 21.3. The molecule has 3 rings (SSSR count). The Morgan fingerprint density at radius 3 is 2.40 bits per heavy atom. The van der Waals surface area contributed by atoms with E-state index in [1.165, 1.54) is 0 Å². The fourth-order valence-electron chi connectivity index (χ4n) is 3.23. The molecule has 4 nitrogen and oxygen atoms in total. The van der Waals surface area contributed by atoms with Crippen LogP contribution in [0.2, 0.25) is 0 Å². The number of benzene rings is 3. The van der Waals surface area contributed by atoms with Gasteiger partial charge in [0.05, 0.1) is 17.7 Å². The molecule has 0 amide bonds. The van der Waals surface area contributed by atoms with Crippen molar-refractivity contribution in [2.45, 2.75) is 6.92 Å². The molecule has 0 heterocycles. The Morgan fingerprint density at radius 2 is 1.70 bits per heavy atom. The highest BCUT2D eigenvalue weighted by Crippen LogP contribution is 2.28. The molecule has 0 saturated carbocycles. The molecule has 0 N–H and O–H groups in total. The van der Waals surface area contributed by atoms with Crippen LogP contribution in [0.4, 0.5) is 0 Å². The van der Waals surface area contributed by atoms with Crippen molar-refractivity contribution in [2.24, 2.45) is 0 Å². The number of methoxy groups -OCH3 is 1. The second-order valence-corrected chi connectivity index (χ2v) is 6.79. The Balaban J connectivity index is 1.97. The zero-order valence-corrected chi connectivity index (χ0v) is 17.1. The van der Waals surface area contributed by atoms with Crippen LogP contribution < -0.4 is 4.74 Å². The predicted molar refractivity (Wildman–Crippen MR) is 119 cm³/mol. The van der Waals surface area contributed by atoms with Crippen molar-refractivity contribution in [3.63, 3.8) is 0 Å². The number of carbonyl (C=O) groups is 1. The maximum absolute atomic E-state index is 11.4. The van der Waals surface area contributed by atoms with Gasteiger partial charge in [0.15, 0.2) is 6.29 Å². The standard InChI is InChI=1S/C26H23NO3/c1-19-15-23(18-28)26(30-14-13-29-2)16-22(19)12-11-21-9-6-10-24(25(21)17-27)20-7-4-3-5-8-20/h3-12,15-16,18H,13-14H2,1-2H3/b12-11+. The van der Waals surface area contributed by atoms with E-state index >= 15 is 0 Å². The molecule has 0 bridgehead atoms. The van der Waals surface area contributed by atoms with E-state index in [0.29, 0.717) is 30.1 Å². The first kappa shape index (κ1) is 21.0. The van der Waals surface area contributed by atoms with Crippen molar-refractivity contribution in [3.8, 4) is 22.9 Å². The number of carbonyl (C=O) groups excluding carboxylic acids is 1. The molecule has 0 aromatic heterocycles. The van der Waals surface area contributed by atoms with Gasteiger partial charge in [0, 0.05) is 12.7 Å². The Hall–Kier alpha value is -3.68. The summed E-state index contributed by atoms with van der Waals surface area (Å²) in [5, 5.41) is 9.79.